The largest absolute Gasteiger partial charge is 0.370 e. The Bertz CT molecular complexity index is 445. The molecular weight excluding hydrogens is 257 g/mol. The lowest BCUT2D eigenvalue weighted by Gasteiger charge is -2.26. The average Bonchev–Trinajstić information content (AvgIpc) is 2.62. The van der Waals surface area contributed by atoms with Crippen LogP contribution in [0.5, 0.6) is 0 Å². The van der Waals surface area contributed by atoms with Crippen LogP contribution in [0.25, 0.3) is 0 Å². The van der Waals surface area contributed by atoms with Gasteiger partial charge in [-0.1, -0.05) is 36.2 Å². The molecule has 0 spiro atoms. The third-order valence-electron chi connectivity index (χ3n) is 2.88. The maximum atomic E-state index is 6.22. The van der Waals surface area contributed by atoms with E-state index in [9.17, 15) is 0 Å². The van der Waals surface area contributed by atoms with Crippen LogP contribution in [0.15, 0.2) is 23.2 Å². The van der Waals surface area contributed by atoms with E-state index in [1.54, 1.807) is 6.07 Å². The molecule has 0 aliphatic carbocycles. The minimum atomic E-state index is 0.139. The molecule has 2 rings (SSSR count). The number of nitrogens with zero attached hydrogens (tertiary/aromatic N) is 2. The molecule has 1 aliphatic rings. The number of guanidine groups is 1. The minimum Gasteiger partial charge on any atom is -0.370 e. The second-order valence-electron chi connectivity index (χ2n) is 4.07. The van der Waals surface area contributed by atoms with E-state index in [4.69, 9.17) is 28.9 Å². The van der Waals surface area contributed by atoms with Gasteiger partial charge in [-0.25, -0.2) is 0 Å². The Hall–Kier alpha value is -0.930. The first-order valence-electron chi connectivity index (χ1n) is 5.65. The summed E-state index contributed by atoms with van der Waals surface area (Å²) in [6, 6.07) is 5.70. The number of halogens is 2. The third-order valence-corrected chi connectivity index (χ3v) is 3.45. The SMILES string of the molecule is CCCN1C(N)=NCC1c1ccc(Cl)cc1Cl. The van der Waals surface area contributed by atoms with Gasteiger partial charge in [0.1, 0.15) is 0 Å². The van der Waals surface area contributed by atoms with Gasteiger partial charge in [0.25, 0.3) is 0 Å². The Morgan fingerprint density at radius 3 is 2.88 bits per heavy atom. The fourth-order valence-electron chi connectivity index (χ4n) is 2.08. The van der Waals surface area contributed by atoms with Gasteiger partial charge >= 0.3 is 0 Å². The standard InChI is InChI=1S/C12H15Cl2N3/c1-2-5-17-11(7-16-12(17)15)9-4-3-8(13)6-10(9)14/h3-4,6,11H,2,5,7H2,1H3,(H2,15,16). The Morgan fingerprint density at radius 1 is 1.47 bits per heavy atom. The summed E-state index contributed by atoms with van der Waals surface area (Å²) in [5.74, 6) is 0.600. The van der Waals surface area contributed by atoms with Crippen LogP contribution in [0.1, 0.15) is 24.9 Å². The summed E-state index contributed by atoms with van der Waals surface area (Å²) in [5.41, 5.74) is 6.92. The topological polar surface area (TPSA) is 41.6 Å². The lowest BCUT2D eigenvalue weighted by atomic mass is 10.1. The summed E-state index contributed by atoms with van der Waals surface area (Å²) < 4.78 is 0. The number of rotatable bonds is 3. The molecule has 2 N–H and O–H groups in total. The van der Waals surface area contributed by atoms with Crippen molar-refractivity contribution in [2.75, 3.05) is 13.1 Å². The van der Waals surface area contributed by atoms with Crippen LogP contribution in [-0.2, 0) is 0 Å². The molecule has 1 aromatic carbocycles. The predicted octanol–water partition coefficient (Wildman–Crippen LogP) is 3.07. The van der Waals surface area contributed by atoms with Crippen LogP contribution in [0.4, 0.5) is 0 Å². The molecule has 17 heavy (non-hydrogen) atoms. The molecule has 0 saturated carbocycles. The number of benzene rings is 1. The molecule has 3 nitrogen and oxygen atoms in total. The first-order chi connectivity index (χ1) is 8.13. The van der Waals surface area contributed by atoms with E-state index in [2.05, 4.69) is 16.8 Å². The Labute approximate surface area is 111 Å². The molecule has 1 heterocycles. The van der Waals surface area contributed by atoms with E-state index in [1.807, 2.05) is 12.1 Å². The summed E-state index contributed by atoms with van der Waals surface area (Å²) in [7, 11) is 0. The van der Waals surface area contributed by atoms with Gasteiger partial charge in [0.15, 0.2) is 5.96 Å². The zero-order chi connectivity index (χ0) is 12.4. The van der Waals surface area contributed by atoms with Gasteiger partial charge in [-0.2, -0.15) is 0 Å². The molecule has 92 valence electrons. The highest BCUT2D eigenvalue weighted by Gasteiger charge is 2.28. The first-order valence-corrected chi connectivity index (χ1v) is 6.40. The smallest absolute Gasteiger partial charge is 0.191 e. The van der Waals surface area contributed by atoms with E-state index in [1.165, 1.54) is 0 Å². The molecule has 0 saturated heterocycles. The maximum Gasteiger partial charge on any atom is 0.191 e. The van der Waals surface area contributed by atoms with Crippen LogP contribution >= 0.6 is 23.2 Å². The van der Waals surface area contributed by atoms with Gasteiger partial charge in [-0.15, -0.1) is 0 Å². The van der Waals surface area contributed by atoms with Gasteiger partial charge in [0.2, 0.25) is 0 Å². The highest BCUT2D eigenvalue weighted by molar-refractivity contribution is 6.35. The fraction of sp³-hybridized carbons (Fsp3) is 0.417. The summed E-state index contributed by atoms with van der Waals surface area (Å²) in [6.07, 6.45) is 1.03. The lowest BCUT2D eigenvalue weighted by molar-refractivity contribution is 0.347. The highest BCUT2D eigenvalue weighted by Crippen LogP contribution is 2.32. The molecule has 5 heteroatoms. The molecule has 1 unspecified atom stereocenters. The van der Waals surface area contributed by atoms with Crippen molar-refractivity contribution in [3.63, 3.8) is 0 Å². The quantitative estimate of drug-likeness (QED) is 0.918. The van der Waals surface area contributed by atoms with Crippen LogP contribution < -0.4 is 5.73 Å². The number of aliphatic imine (C=N–C) groups is 1. The van der Waals surface area contributed by atoms with Gasteiger partial charge in [-0.3, -0.25) is 4.99 Å². The van der Waals surface area contributed by atoms with Gasteiger partial charge < -0.3 is 10.6 Å². The summed E-state index contributed by atoms with van der Waals surface area (Å²) in [4.78, 5) is 6.38. The van der Waals surface area contributed by atoms with Crippen LogP contribution in [0.2, 0.25) is 10.0 Å². The zero-order valence-corrected chi connectivity index (χ0v) is 11.2. The number of nitrogens with two attached hydrogens (primary N) is 1. The Morgan fingerprint density at radius 2 is 2.24 bits per heavy atom. The van der Waals surface area contributed by atoms with E-state index in [-0.39, 0.29) is 6.04 Å². The minimum absolute atomic E-state index is 0.139. The number of hydrogen-bond acceptors (Lipinski definition) is 3. The van der Waals surface area contributed by atoms with Crippen molar-refractivity contribution in [2.45, 2.75) is 19.4 Å². The van der Waals surface area contributed by atoms with Crippen molar-refractivity contribution in [3.8, 4) is 0 Å². The zero-order valence-electron chi connectivity index (χ0n) is 9.66. The Balaban J connectivity index is 2.28. The predicted molar refractivity (Wildman–Crippen MR) is 72.7 cm³/mol. The number of hydrogen-bond donors (Lipinski definition) is 1. The Kier molecular flexibility index (Phi) is 3.79. The monoisotopic (exact) mass is 271 g/mol. The van der Waals surface area contributed by atoms with E-state index in [0.717, 1.165) is 18.5 Å². The molecule has 0 aromatic heterocycles. The second kappa shape index (κ2) is 5.15. The van der Waals surface area contributed by atoms with Crippen molar-refractivity contribution in [1.82, 2.24) is 4.90 Å². The van der Waals surface area contributed by atoms with Crippen LogP contribution in [-0.4, -0.2) is 23.9 Å². The van der Waals surface area contributed by atoms with Crippen molar-refractivity contribution >= 4 is 29.2 Å². The van der Waals surface area contributed by atoms with Crippen molar-refractivity contribution in [2.24, 2.45) is 10.7 Å². The summed E-state index contributed by atoms with van der Waals surface area (Å²) in [6.45, 7) is 3.66. The molecule has 0 fully saturated rings. The van der Waals surface area contributed by atoms with Crippen molar-refractivity contribution in [1.29, 1.82) is 0 Å². The molecule has 0 radical (unpaired) electrons. The van der Waals surface area contributed by atoms with E-state index < -0.39 is 0 Å². The fourth-order valence-corrected chi connectivity index (χ4v) is 2.61. The summed E-state index contributed by atoms with van der Waals surface area (Å²) >= 11 is 12.1. The first kappa shape index (κ1) is 12.5. The van der Waals surface area contributed by atoms with Crippen LogP contribution in [0.3, 0.4) is 0 Å². The second-order valence-corrected chi connectivity index (χ2v) is 4.92. The highest BCUT2D eigenvalue weighted by atomic mass is 35.5. The molecular formula is C12H15Cl2N3. The molecule has 0 amide bonds. The van der Waals surface area contributed by atoms with Crippen LogP contribution in [0, 0.1) is 0 Å². The van der Waals surface area contributed by atoms with Gasteiger partial charge in [-0.05, 0) is 24.1 Å². The molecule has 1 aromatic rings. The normalized spacial score (nSPS) is 19.6. The lowest BCUT2D eigenvalue weighted by Crippen LogP contribution is -2.36. The van der Waals surface area contributed by atoms with E-state index >= 15 is 0 Å². The maximum absolute atomic E-state index is 6.22. The van der Waals surface area contributed by atoms with Gasteiger partial charge in [0.05, 0.1) is 12.6 Å². The van der Waals surface area contributed by atoms with Crippen molar-refractivity contribution in [3.05, 3.63) is 33.8 Å². The molecule has 0 bridgehead atoms. The third kappa shape index (κ3) is 2.50. The van der Waals surface area contributed by atoms with E-state index in [0.29, 0.717) is 22.5 Å². The van der Waals surface area contributed by atoms with Gasteiger partial charge in [0, 0.05) is 16.6 Å². The molecule has 1 aliphatic heterocycles. The van der Waals surface area contributed by atoms with Crippen molar-refractivity contribution < 1.29 is 0 Å². The molecule has 1 atom stereocenters. The summed E-state index contributed by atoms with van der Waals surface area (Å²) in [5, 5.41) is 1.32. The average molecular weight is 272 g/mol.